The highest BCUT2D eigenvalue weighted by molar-refractivity contribution is 7.17. The molecule has 1 unspecified atom stereocenters. The summed E-state index contributed by atoms with van der Waals surface area (Å²) in [5.74, 6) is -1.18. The van der Waals surface area contributed by atoms with Crippen molar-refractivity contribution in [1.29, 1.82) is 0 Å². The topological polar surface area (TPSA) is 101 Å². The molecule has 3 aromatic rings. The Hall–Kier alpha value is -3.05. The Labute approximate surface area is 229 Å². The van der Waals surface area contributed by atoms with Crippen LogP contribution in [-0.2, 0) is 4.79 Å². The minimum Gasteiger partial charge on any atom is -0.365 e. The summed E-state index contributed by atoms with van der Waals surface area (Å²) in [4.78, 5) is 40.0. The number of likely N-dealkylation sites (tertiary alicyclic amines) is 2. The molecule has 11 heteroatoms. The summed E-state index contributed by atoms with van der Waals surface area (Å²) in [5.41, 5.74) is 5.27. The van der Waals surface area contributed by atoms with E-state index in [0.29, 0.717) is 20.9 Å². The minimum absolute atomic E-state index is 0.137. The monoisotopic (exact) mass is 559 g/mol. The van der Waals surface area contributed by atoms with Crippen LogP contribution in [0, 0.1) is 5.82 Å². The Morgan fingerprint density at radius 3 is 2.50 bits per heavy atom. The number of benzene rings is 1. The van der Waals surface area contributed by atoms with Crippen LogP contribution in [0.5, 0.6) is 0 Å². The number of carbonyl (C=O) groups excluding carboxylic acids is 2. The van der Waals surface area contributed by atoms with Crippen molar-refractivity contribution in [2.45, 2.75) is 31.7 Å². The van der Waals surface area contributed by atoms with Crippen molar-refractivity contribution in [3.8, 4) is 5.69 Å². The molecule has 0 saturated carbocycles. The van der Waals surface area contributed by atoms with Crippen LogP contribution in [-0.4, -0.2) is 64.9 Å². The highest BCUT2D eigenvalue weighted by atomic mass is 35.5. The first-order valence-corrected chi connectivity index (χ1v) is 13.8. The SMILES string of the molecule is NC(=O)c1ccc(Cl)s1.O=C(CN1CCCC1CN1CCCC1)Nc1ccc(-n2ccccc2=O)cc1F. The van der Waals surface area contributed by atoms with Gasteiger partial charge in [0.25, 0.3) is 11.5 Å². The molecule has 8 nitrogen and oxygen atoms in total. The molecule has 2 aliphatic heterocycles. The predicted octanol–water partition coefficient (Wildman–Crippen LogP) is 3.98. The normalized spacial score (nSPS) is 17.7. The van der Waals surface area contributed by atoms with Gasteiger partial charge in [-0.05, 0) is 75.6 Å². The van der Waals surface area contributed by atoms with Crippen LogP contribution >= 0.6 is 22.9 Å². The van der Waals surface area contributed by atoms with Crippen LogP contribution in [0.1, 0.15) is 35.4 Å². The van der Waals surface area contributed by atoms with Gasteiger partial charge in [-0.25, -0.2) is 4.39 Å². The number of nitrogens with two attached hydrogens (primary N) is 1. The molecular weight excluding hydrogens is 529 g/mol. The molecule has 0 aliphatic carbocycles. The summed E-state index contributed by atoms with van der Waals surface area (Å²) in [7, 11) is 0. The van der Waals surface area contributed by atoms with E-state index in [9.17, 15) is 18.8 Å². The first-order valence-electron chi connectivity index (χ1n) is 12.6. The van der Waals surface area contributed by atoms with Gasteiger partial charge in [-0.15, -0.1) is 11.3 Å². The molecule has 2 amide bonds. The number of hydrogen-bond acceptors (Lipinski definition) is 6. The number of halogens is 2. The first kappa shape index (κ1) is 28.0. The standard InChI is InChI=1S/C22H27FN4O2.C5H4ClNOS/c23-19-14-17(27-13-2-1-7-22(27)29)8-9-20(19)24-21(28)16-26-12-5-6-18(26)15-25-10-3-4-11-25;6-4-2-1-3(9-4)5(7)8/h1-2,7-9,13-14,18H,3-6,10-12,15-16H2,(H,24,28);1-2H,(H2,7,8). The second-order valence-corrected chi connectivity index (χ2v) is 11.1. The van der Waals surface area contributed by atoms with E-state index >= 15 is 0 Å². The van der Waals surface area contributed by atoms with Crippen molar-refractivity contribution in [1.82, 2.24) is 14.4 Å². The van der Waals surface area contributed by atoms with Crippen LogP contribution in [0.4, 0.5) is 10.1 Å². The number of pyridine rings is 1. The lowest BCUT2D eigenvalue weighted by Crippen LogP contribution is -2.42. The fourth-order valence-corrected chi connectivity index (χ4v) is 5.69. The van der Waals surface area contributed by atoms with Gasteiger partial charge in [-0.2, -0.15) is 0 Å². The molecule has 2 aliphatic rings. The minimum atomic E-state index is -0.554. The average Bonchev–Trinajstić information content (AvgIpc) is 3.65. The number of carbonyl (C=O) groups is 2. The number of nitrogens with one attached hydrogen (secondary N) is 1. The Bertz CT molecular complexity index is 1320. The van der Waals surface area contributed by atoms with Crippen molar-refractivity contribution in [2.24, 2.45) is 5.73 Å². The molecule has 2 fully saturated rings. The van der Waals surface area contributed by atoms with Gasteiger partial charge in [0.2, 0.25) is 5.91 Å². The second-order valence-electron chi connectivity index (χ2n) is 9.36. The number of rotatable bonds is 7. The van der Waals surface area contributed by atoms with E-state index in [0.717, 1.165) is 39.0 Å². The van der Waals surface area contributed by atoms with Gasteiger partial charge >= 0.3 is 0 Å². The number of amides is 2. The van der Waals surface area contributed by atoms with Crippen molar-refractivity contribution < 1.29 is 14.0 Å². The third-order valence-electron chi connectivity index (χ3n) is 6.66. The molecule has 38 heavy (non-hydrogen) atoms. The van der Waals surface area contributed by atoms with Crippen LogP contribution in [0.15, 0.2) is 59.5 Å². The zero-order valence-corrected chi connectivity index (χ0v) is 22.5. The van der Waals surface area contributed by atoms with Crippen molar-refractivity contribution in [3.63, 3.8) is 0 Å². The number of anilines is 1. The fraction of sp³-hybridized carbons (Fsp3) is 0.370. The summed E-state index contributed by atoms with van der Waals surface area (Å²) < 4.78 is 16.5. The predicted molar refractivity (Wildman–Crippen MR) is 149 cm³/mol. The molecule has 0 bridgehead atoms. The maximum Gasteiger partial charge on any atom is 0.258 e. The maximum absolute atomic E-state index is 14.5. The summed E-state index contributed by atoms with van der Waals surface area (Å²) in [5, 5.41) is 2.69. The zero-order valence-electron chi connectivity index (χ0n) is 20.9. The van der Waals surface area contributed by atoms with Gasteiger partial charge in [0, 0.05) is 30.9 Å². The Balaban J connectivity index is 0.000000317. The lowest BCUT2D eigenvalue weighted by atomic mass is 10.2. The lowest BCUT2D eigenvalue weighted by molar-refractivity contribution is -0.117. The van der Waals surface area contributed by atoms with Crippen molar-refractivity contribution in [3.05, 3.63) is 80.1 Å². The largest absolute Gasteiger partial charge is 0.365 e. The van der Waals surface area contributed by atoms with E-state index in [1.807, 2.05) is 0 Å². The van der Waals surface area contributed by atoms with Crippen LogP contribution in [0.3, 0.4) is 0 Å². The van der Waals surface area contributed by atoms with E-state index in [2.05, 4.69) is 15.1 Å². The zero-order chi connectivity index (χ0) is 27.1. The summed E-state index contributed by atoms with van der Waals surface area (Å²) >= 11 is 6.70. The van der Waals surface area contributed by atoms with Crippen molar-refractivity contribution >= 4 is 40.4 Å². The van der Waals surface area contributed by atoms with Crippen molar-refractivity contribution in [2.75, 3.05) is 38.0 Å². The third-order valence-corrected chi connectivity index (χ3v) is 7.90. The summed E-state index contributed by atoms with van der Waals surface area (Å²) in [6.45, 7) is 4.50. The number of primary amides is 1. The molecule has 3 N–H and O–H groups in total. The van der Waals surface area contributed by atoms with Gasteiger partial charge in [-0.1, -0.05) is 17.7 Å². The maximum atomic E-state index is 14.5. The summed E-state index contributed by atoms with van der Waals surface area (Å²) in [6.07, 6.45) is 6.32. The van der Waals surface area contributed by atoms with Gasteiger partial charge in [0.05, 0.1) is 27.1 Å². The smallest absolute Gasteiger partial charge is 0.258 e. The van der Waals surface area contributed by atoms with Crippen LogP contribution in [0.25, 0.3) is 5.69 Å². The highest BCUT2D eigenvalue weighted by Crippen LogP contribution is 2.22. The Kier molecular flexibility index (Phi) is 9.68. The average molecular weight is 560 g/mol. The molecular formula is C27H31ClFN5O3S. The molecule has 202 valence electrons. The van der Waals surface area contributed by atoms with Crippen LogP contribution in [0.2, 0.25) is 4.34 Å². The van der Waals surface area contributed by atoms with E-state index in [4.69, 9.17) is 17.3 Å². The van der Waals surface area contributed by atoms with E-state index in [1.165, 1.54) is 46.9 Å². The Morgan fingerprint density at radius 2 is 1.87 bits per heavy atom. The van der Waals surface area contributed by atoms with Gasteiger partial charge < -0.3 is 16.0 Å². The van der Waals surface area contributed by atoms with Gasteiger partial charge in [0.15, 0.2) is 0 Å². The van der Waals surface area contributed by atoms with E-state index in [-0.39, 0.29) is 23.7 Å². The Morgan fingerprint density at radius 1 is 1.08 bits per heavy atom. The molecule has 1 aromatic carbocycles. The second kappa shape index (κ2) is 13.1. The number of thiophene rings is 1. The van der Waals surface area contributed by atoms with Gasteiger partial charge in [0.1, 0.15) is 5.82 Å². The molecule has 2 aromatic heterocycles. The molecule has 4 heterocycles. The highest BCUT2D eigenvalue weighted by Gasteiger charge is 2.28. The molecule has 5 rings (SSSR count). The van der Waals surface area contributed by atoms with E-state index < -0.39 is 11.7 Å². The molecule has 2 saturated heterocycles. The third kappa shape index (κ3) is 7.50. The van der Waals surface area contributed by atoms with Gasteiger partial charge in [-0.3, -0.25) is 23.9 Å². The first-order chi connectivity index (χ1) is 18.3. The molecule has 1 atom stereocenters. The fourth-order valence-electron chi connectivity index (χ4n) is 4.79. The summed E-state index contributed by atoms with van der Waals surface area (Å²) in [6, 6.07) is 12.8. The quantitative estimate of drug-likeness (QED) is 0.456. The molecule has 0 spiro atoms. The molecule has 0 radical (unpaired) electrons. The number of hydrogen-bond donors (Lipinski definition) is 2. The number of aromatic nitrogens is 1. The lowest BCUT2D eigenvalue weighted by Gasteiger charge is -2.27. The van der Waals surface area contributed by atoms with E-state index in [1.54, 1.807) is 36.5 Å². The van der Waals surface area contributed by atoms with Crippen LogP contribution < -0.4 is 16.6 Å². The number of nitrogens with zero attached hydrogens (tertiary/aromatic N) is 3.